The Morgan fingerprint density at radius 3 is 1.95 bits per heavy atom. The summed E-state index contributed by atoms with van der Waals surface area (Å²) in [5, 5.41) is 3.04. The summed E-state index contributed by atoms with van der Waals surface area (Å²) in [5.74, 6) is -0.725. The molecular weight excluding hydrogens is 510 g/mol. The molecule has 7 nitrogen and oxygen atoms in total. The molecule has 0 saturated heterocycles. The van der Waals surface area contributed by atoms with Crippen molar-refractivity contribution >= 4 is 27.5 Å². The lowest BCUT2D eigenvalue weighted by Crippen LogP contribution is -2.54. The molecule has 0 radical (unpaired) electrons. The lowest BCUT2D eigenvalue weighted by Gasteiger charge is -2.34. The lowest BCUT2D eigenvalue weighted by atomic mass is 10.0. The van der Waals surface area contributed by atoms with Gasteiger partial charge < -0.3 is 10.2 Å². The second-order valence-electron chi connectivity index (χ2n) is 10.1. The second kappa shape index (κ2) is 13.4. The average molecular weight is 550 g/mol. The van der Waals surface area contributed by atoms with E-state index in [0.29, 0.717) is 12.1 Å². The Bertz CT molecular complexity index is 1340. The molecule has 8 heteroatoms. The number of anilines is 1. The van der Waals surface area contributed by atoms with Crippen LogP contribution in [-0.4, -0.2) is 50.0 Å². The summed E-state index contributed by atoms with van der Waals surface area (Å²) < 4.78 is 26.8. The van der Waals surface area contributed by atoms with Crippen molar-refractivity contribution in [2.75, 3.05) is 17.1 Å². The minimum absolute atomic E-state index is 0.0767. The van der Waals surface area contributed by atoms with Gasteiger partial charge in [-0.1, -0.05) is 84.8 Å². The SMILES string of the molecule is CC[C@H](C)NC(=O)[C@@H](Cc1ccccc1)N(Cc1ccc(C)cc1)C(=O)CN(c1ccc(C)cc1)S(C)(=O)=O. The van der Waals surface area contributed by atoms with E-state index < -0.39 is 28.5 Å². The van der Waals surface area contributed by atoms with Crippen LogP contribution in [0.25, 0.3) is 0 Å². The van der Waals surface area contributed by atoms with Crippen LogP contribution in [0.4, 0.5) is 5.69 Å². The lowest BCUT2D eigenvalue weighted by molar-refractivity contribution is -0.140. The first-order chi connectivity index (χ1) is 18.5. The normalized spacial score (nSPS) is 12.8. The number of nitrogens with zero attached hydrogens (tertiary/aromatic N) is 2. The van der Waals surface area contributed by atoms with Crippen LogP contribution in [0.15, 0.2) is 78.9 Å². The number of hydrogen-bond donors (Lipinski definition) is 1. The van der Waals surface area contributed by atoms with Gasteiger partial charge in [-0.15, -0.1) is 0 Å². The minimum atomic E-state index is -3.78. The van der Waals surface area contributed by atoms with Crippen molar-refractivity contribution in [3.63, 3.8) is 0 Å². The number of rotatable bonds is 12. The number of benzene rings is 3. The molecule has 0 heterocycles. The standard InChI is InChI=1S/C31H39N3O4S/c1-6-25(4)32-31(36)29(20-26-10-8-7-9-11-26)33(21-27-16-12-23(2)13-17-27)30(35)22-34(39(5,37)38)28-18-14-24(3)15-19-28/h7-19,25,29H,6,20-22H2,1-5H3,(H,32,36)/t25-,29+/m0/s1. The fourth-order valence-electron chi connectivity index (χ4n) is 4.21. The molecule has 0 aliphatic heterocycles. The van der Waals surface area contributed by atoms with Crippen LogP contribution in [0.5, 0.6) is 0 Å². The average Bonchev–Trinajstić information content (AvgIpc) is 2.90. The van der Waals surface area contributed by atoms with Gasteiger partial charge in [0.25, 0.3) is 0 Å². The first-order valence-corrected chi connectivity index (χ1v) is 15.1. The van der Waals surface area contributed by atoms with E-state index in [4.69, 9.17) is 0 Å². The van der Waals surface area contributed by atoms with Crippen molar-refractivity contribution in [1.29, 1.82) is 0 Å². The molecule has 2 atom stereocenters. The molecular formula is C31H39N3O4S. The van der Waals surface area contributed by atoms with Crippen LogP contribution in [0.2, 0.25) is 0 Å². The quantitative estimate of drug-likeness (QED) is 0.357. The number of nitrogens with one attached hydrogen (secondary N) is 1. The first kappa shape index (κ1) is 29.9. The van der Waals surface area contributed by atoms with Gasteiger partial charge >= 0.3 is 0 Å². The summed E-state index contributed by atoms with van der Waals surface area (Å²) in [6, 6.07) is 23.4. The fourth-order valence-corrected chi connectivity index (χ4v) is 5.06. The van der Waals surface area contributed by atoms with E-state index in [2.05, 4.69) is 5.32 Å². The van der Waals surface area contributed by atoms with E-state index in [1.807, 2.05) is 82.3 Å². The van der Waals surface area contributed by atoms with Gasteiger partial charge in [0.05, 0.1) is 11.9 Å². The van der Waals surface area contributed by atoms with E-state index in [1.165, 1.54) is 4.90 Å². The number of hydrogen-bond acceptors (Lipinski definition) is 4. The topological polar surface area (TPSA) is 86.8 Å². The summed E-state index contributed by atoms with van der Waals surface area (Å²) >= 11 is 0. The molecule has 3 aromatic rings. The third-order valence-electron chi connectivity index (χ3n) is 6.75. The van der Waals surface area contributed by atoms with Gasteiger partial charge in [0, 0.05) is 19.0 Å². The number of carbonyl (C=O) groups is 2. The number of amides is 2. The zero-order chi connectivity index (χ0) is 28.6. The monoisotopic (exact) mass is 549 g/mol. The van der Waals surface area contributed by atoms with Crippen LogP contribution in [0.1, 0.15) is 42.5 Å². The molecule has 0 aromatic heterocycles. The highest BCUT2D eigenvalue weighted by atomic mass is 32.2. The van der Waals surface area contributed by atoms with Crippen LogP contribution in [-0.2, 0) is 32.6 Å². The zero-order valence-corrected chi connectivity index (χ0v) is 24.2. The van der Waals surface area contributed by atoms with Crippen LogP contribution < -0.4 is 9.62 Å². The van der Waals surface area contributed by atoms with Crippen LogP contribution >= 0.6 is 0 Å². The maximum absolute atomic E-state index is 14.0. The van der Waals surface area contributed by atoms with E-state index in [9.17, 15) is 18.0 Å². The van der Waals surface area contributed by atoms with Crippen molar-refractivity contribution in [3.8, 4) is 0 Å². The predicted octanol–water partition coefficient (Wildman–Crippen LogP) is 4.62. The molecule has 0 saturated carbocycles. The molecule has 0 bridgehead atoms. The molecule has 0 aliphatic carbocycles. The fraction of sp³-hybridized carbons (Fsp3) is 0.355. The molecule has 3 aromatic carbocycles. The van der Waals surface area contributed by atoms with Gasteiger partial charge in [0.15, 0.2) is 0 Å². The Morgan fingerprint density at radius 2 is 1.41 bits per heavy atom. The zero-order valence-electron chi connectivity index (χ0n) is 23.4. The third kappa shape index (κ3) is 8.68. The van der Waals surface area contributed by atoms with Gasteiger partial charge in [0.2, 0.25) is 21.8 Å². The Balaban J connectivity index is 2.04. The Hall–Kier alpha value is -3.65. The predicted molar refractivity (Wildman–Crippen MR) is 157 cm³/mol. The molecule has 39 heavy (non-hydrogen) atoms. The number of carbonyl (C=O) groups excluding carboxylic acids is 2. The van der Waals surface area contributed by atoms with Gasteiger partial charge in [-0.2, -0.15) is 0 Å². The molecule has 2 amide bonds. The highest BCUT2D eigenvalue weighted by Crippen LogP contribution is 2.21. The molecule has 3 rings (SSSR count). The van der Waals surface area contributed by atoms with Gasteiger partial charge in [-0.05, 0) is 50.5 Å². The number of aryl methyl sites for hydroxylation is 2. The Kier molecular flexibility index (Phi) is 10.3. The maximum atomic E-state index is 14.0. The van der Waals surface area contributed by atoms with E-state index >= 15 is 0 Å². The van der Waals surface area contributed by atoms with Crippen LogP contribution in [0, 0.1) is 13.8 Å². The van der Waals surface area contributed by atoms with E-state index in [0.717, 1.165) is 39.2 Å². The van der Waals surface area contributed by atoms with Crippen molar-refractivity contribution in [2.24, 2.45) is 0 Å². The minimum Gasteiger partial charge on any atom is -0.352 e. The second-order valence-corrected chi connectivity index (χ2v) is 12.0. The largest absolute Gasteiger partial charge is 0.352 e. The van der Waals surface area contributed by atoms with Crippen molar-refractivity contribution < 1.29 is 18.0 Å². The highest BCUT2D eigenvalue weighted by Gasteiger charge is 2.33. The maximum Gasteiger partial charge on any atom is 0.244 e. The van der Waals surface area contributed by atoms with E-state index in [-0.39, 0.29) is 18.5 Å². The summed E-state index contributed by atoms with van der Waals surface area (Å²) in [6.07, 6.45) is 2.12. The molecule has 0 unspecified atom stereocenters. The van der Waals surface area contributed by atoms with Crippen molar-refractivity contribution in [3.05, 3.63) is 101 Å². The molecule has 208 valence electrons. The van der Waals surface area contributed by atoms with Crippen LogP contribution in [0.3, 0.4) is 0 Å². The van der Waals surface area contributed by atoms with Crippen molar-refractivity contribution in [2.45, 2.75) is 59.2 Å². The number of sulfonamides is 1. The highest BCUT2D eigenvalue weighted by molar-refractivity contribution is 7.92. The summed E-state index contributed by atoms with van der Waals surface area (Å²) in [4.78, 5) is 29.2. The van der Waals surface area contributed by atoms with Gasteiger partial charge in [-0.3, -0.25) is 13.9 Å². The first-order valence-electron chi connectivity index (χ1n) is 13.2. The van der Waals surface area contributed by atoms with E-state index in [1.54, 1.807) is 24.3 Å². The Labute approximate surface area is 232 Å². The molecule has 0 aliphatic rings. The van der Waals surface area contributed by atoms with Gasteiger partial charge in [-0.25, -0.2) is 8.42 Å². The smallest absolute Gasteiger partial charge is 0.244 e. The molecule has 0 spiro atoms. The summed E-state index contributed by atoms with van der Waals surface area (Å²) in [5.41, 5.74) is 4.21. The van der Waals surface area contributed by atoms with Crippen molar-refractivity contribution in [1.82, 2.24) is 10.2 Å². The Morgan fingerprint density at radius 1 is 0.846 bits per heavy atom. The molecule has 1 N–H and O–H groups in total. The molecule has 0 fully saturated rings. The third-order valence-corrected chi connectivity index (χ3v) is 7.89. The summed E-state index contributed by atoms with van der Waals surface area (Å²) in [7, 11) is -3.78. The van der Waals surface area contributed by atoms with Gasteiger partial charge in [0.1, 0.15) is 12.6 Å². The summed E-state index contributed by atoms with van der Waals surface area (Å²) in [6.45, 7) is 7.54.